The molecule has 19 heavy (non-hydrogen) atoms. The lowest BCUT2D eigenvalue weighted by atomic mass is 10.1. The lowest BCUT2D eigenvalue weighted by molar-refractivity contribution is 0.656. The number of nitrogens with two attached hydrogens (primary N) is 1. The molecule has 0 spiro atoms. The molecular weight excluding hydrogens is 326 g/mol. The van der Waals surface area contributed by atoms with Crippen molar-refractivity contribution in [1.29, 1.82) is 0 Å². The molecule has 0 bridgehead atoms. The van der Waals surface area contributed by atoms with Crippen LogP contribution in [-0.4, -0.2) is 9.78 Å². The molecule has 0 amide bonds. The fraction of sp³-hybridized carbons (Fsp3) is 0.357. The van der Waals surface area contributed by atoms with Gasteiger partial charge in [0, 0.05) is 26.8 Å². The molecule has 2 rings (SSSR count). The quantitative estimate of drug-likeness (QED) is 0.916. The fourth-order valence-electron chi connectivity index (χ4n) is 2.33. The Bertz CT molecular complexity index is 605. The van der Waals surface area contributed by atoms with Gasteiger partial charge in [0.2, 0.25) is 0 Å². The van der Waals surface area contributed by atoms with E-state index >= 15 is 0 Å². The predicted molar refractivity (Wildman–Crippen MR) is 82.6 cm³/mol. The topological polar surface area (TPSA) is 43.8 Å². The average Bonchev–Trinajstić information content (AvgIpc) is 2.58. The van der Waals surface area contributed by atoms with Crippen molar-refractivity contribution in [1.82, 2.24) is 9.78 Å². The number of nitrogens with zero attached hydrogens (tertiary/aromatic N) is 2. The van der Waals surface area contributed by atoms with Crippen LogP contribution in [0.25, 0.3) is 0 Å². The zero-order valence-corrected chi connectivity index (χ0v) is 13.6. The molecule has 1 unspecified atom stereocenters. The first kappa shape index (κ1) is 14.6. The first-order chi connectivity index (χ1) is 8.90. The average molecular weight is 343 g/mol. The molecule has 0 aliphatic rings. The summed E-state index contributed by atoms with van der Waals surface area (Å²) in [6, 6.07) is 5.89. The van der Waals surface area contributed by atoms with Gasteiger partial charge in [-0.3, -0.25) is 4.68 Å². The highest BCUT2D eigenvalue weighted by Crippen LogP contribution is 2.24. The smallest absolute Gasteiger partial charge is 0.0677 e. The monoisotopic (exact) mass is 341 g/mol. The second-order valence-electron chi connectivity index (χ2n) is 4.77. The molecule has 0 aliphatic carbocycles. The van der Waals surface area contributed by atoms with Gasteiger partial charge in [0.25, 0.3) is 0 Å². The van der Waals surface area contributed by atoms with E-state index < -0.39 is 0 Å². The van der Waals surface area contributed by atoms with Gasteiger partial charge in [-0.1, -0.05) is 33.6 Å². The van der Waals surface area contributed by atoms with Crippen molar-refractivity contribution in [2.75, 3.05) is 0 Å². The van der Waals surface area contributed by atoms with Crippen LogP contribution >= 0.6 is 27.5 Å². The van der Waals surface area contributed by atoms with Crippen molar-refractivity contribution >= 4 is 27.5 Å². The van der Waals surface area contributed by atoms with Gasteiger partial charge in [-0.15, -0.1) is 0 Å². The molecule has 0 aliphatic heterocycles. The molecule has 0 saturated carbocycles. The molecule has 1 heterocycles. The number of aryl methyl sites for hydroxylation is 1. The number of benzene rings is 1. The van der Waals surface area contributed by atoms with Crippen molar-refractivity contribution in [2.24, 2.45) is 5.73 Å². The van der Waals surface area contributed by atoms with E-state index in [1.54, 1.807) is 0 Å². The van der Waals surface area contributed by atoms with E-state index in [0.29, 0.717) is 6.54 Å². The van der Waals surface area contributed by atoms with E-state index in [1.165, 1.54) is 0 Å². The SMILES string of the molecule is Cc1nn(Cc2ccc(Br)cc2Cl)c(C)c1C(C)N. The fourth-order valence-corrected chi connectivity index (χ4v) is 3.07. The third-order valence-corrected chi connectivity index (χ3v) is 4.07. The maximum atomic E-state index is 6.25. The van der Waals surface area contributed by atoms with Crippen molar-refractivity contribution in [3.63, 3.8) is 0 Å². The third-order valence-electron chi connectivity index (χ3n) is 3.23. The molecule has 5 heteroatoms. The van der Waals surface area contributed by atoms with E-state index in [4.69, 9.17) is 17.3 Å². The van der Waals surface area contributed by atoms with Gasteiger partial charge in [-0.25, -0.2) is 0 Å². The molecule has 2 aromatic rings. The van der Waals surface area contributed by atoms with Gasteiger partial charge < -0.3 is 5.73 Å². The Balaban J connectivity index is 2.36. The third kappa shape index (κ3) is 3.02. The standard InChI is InChI=1S/C14H17BrClN3/c1-8(17)14-9(2)18-19(10(14)3)7-11-4-5-12(15)6-13(11)16/h4-6,8H,7,17H2,1-3H3. The van der Waals surface area contributed by atoms with Crippen LogP contribution in [0.1, 0.15) is 35.5 Å². The van der Waals surface area contributed by atoms with Crippen LogP contribution in [0.5, 0.6) is 0 Å². The first-order valence-corrected chi connectivity index (χ1v) is 7.30. The van der Waals surface area contributed by atoms with Gasteiger partial charge in [0.15, 0.2) is 0 Å². The van der Waals surface area contributed by atoms with Gasteiger partial charge in [-0.05, 0) is 38.5 Å². The number of hydrogen-bond acceptors (Lipinski definition) is 2. The molecule has 1 aromatic carbocycles. The zero-order chi connectivity index (χ0) is 14.2. The minimum Gasteiger partial charge on any atom is -0.324 e. The van der Waals surface area contributed by atoms with Gasteiger partial charge in [0.05, 0.1) is 12.2 Å². The van der Waals surface area contributed by atoms with Gasteiger partial charge in [0.1, 0.15) is 0 Å². The van der Waals surface area contributed by atoms with Crippen LogP contribution in [0.15, 0.2) is 22.7 Å². The van der Waals surface area contributed by atoms with E-state index in [-0.39, 0.29) is 6.04 Å². The number of halogens is 2. The maximum Gasteiger partial charge on any atom is 0.0677 e. The summed E-state index contributed by atoms with van der Waals surface area (Å²) in [5, 5.41) is 5.30. The highest BCUT2D eigenvalue weighted by molar-refractivity contribution is 9.10. The molecule has 1 aromatic heterocycles. The summed E-state index contributed by atoms with van der Waals surface area (Å²) in [5.74, 6) is 0. The molecule has 2 N–H and O–H groups in total. The zero-order valence-electron chi connectivity index (χ0n) is 11.2. The Morgan fingerprint density at radius 2 is 2.11 bits per heavy atom. The van der Waals surface area contributed by atoms with Crippen molar-refractivity contribution in [2.45, 2.75) is 33.4 Å². The van der Waals surface area contributed by atoms with Gasteiger partial charge in [-0.2, -0.15) is 5.10 Å². The Morgan fingerprint density at radius 3 is 2.63 bits per heavy atom. The molecule has 1 atom stereocenters. The predicted octanol–water partition coefficient (Wildman–Crippen LogP) is 3.98. The van der Waals surface area contributed by atoms with Crippen LogP contribution in [0, 0.1) is 13.8 Å². The van der Waals surface area contributed by atoms with Crippen LogP contribution in [0.2, 0.25) is 5.02 Å². The number of rotatable bonds is 3. The Hall–Kier alpha value is -0.840. The normalized spacial score (nSPS) is 12.7. The summed E-state index contributed by atoms with van der Waals surface area (Å²) in [7, 11) is 0. The molecule has 0 saturated heterocycles. The Kier molecular flexibility index (Phi) is 4.33. The Morgan fingerprint density at radius 1 is 1.42 bits per heavy atom. The molecule has 0 fully saturated rings. The van der Waals surface area contributed by atoms with Crippen LogP contribution in [0.4, 0.5) is 0 Å². The van der Waals surface area contributed by atoms with Crippen molar-refractivity contribution in [3.05, 3.63) is 50.2 Å². The molecule has 3 nitrogen and oxygen atoms in total. The summed E-state index contributed by atoms with van der Waals surface area (Å²) in [5.41, 5.74) is 10.2. The summed E-state index contributed by atoms with van der Waals surface area (Å²) in [6.07, 6.45) is 0. The van der Waals surface area contributed by atoms with Crippen molar-refractivity contribution in [3.8, 4) is 0 Å². The minimum atomic E-state index is -0.00543. The number of aromatic nitrogens is 2. The highest BCUT2D eigenvalue weighted by atomic mass is 79.9. The van der Waals surface area contributed by atoms with E-state index in [2.05, 4.69) is 21.0 Å². The Labute approximate surface area is 126 Å². The second-order valence-corrected chi connectivity index (χ2v) is 6.09. The summed E-state index contributed by atoms with van der Waals surface area (Å²) in [4.78, 5) is 0. The van der Waals surface area contributed by atoms with E-state index in [0.717, 1.165) is 32.0 Å². The van der Waals surface area contributed by atoms with Crippen LogP contribution < -0.4 is 5.73 Å². The highest BCUT2D eigenvalue weighted by Gasteiger charge is 2.15. The summed E-state index contributed by atoms with van der Waals surface area (Å²) in [6.45, 7) is 6.68. The largest absolute Gasteiger partial charge is 0.324 e. The van der Waals surface area contributed by atoms with Crippen LogP contribution in [0.3, 0.4) is 0 Å². The van der Waals surface area contributed by atoms with Gasteiger partial charge >= 0.3 is 0 Å². The lowest BCUT2D eigenvalue weighted by Crippen LogP contribution is -2.09. The second kappa shape index (κ2) is 5.65. The molecular formula is C14H17BrClN3. The maximum absolute atomic E-state index is 6.25. The van der Waals surface area contributed by atoms with E-state index in [9.17, 15) is 0 Å². The van der Waals surface area contributed by atoms with Crippen LogP contribution in [-0.2, 0) is 6.54 Å². The summed E-state index contributed by atoms with van der Waals surface area (Å²) >= 11 is 9.65. The van der Waals surface area contributed by atoms with E-state index in [1.807, 2.05) is 43.7 Å². The molecule has 102 valence electrons. The number of hydrogen-bond donors (Lipinski definition) is 1. The minimum absolute atomic E-state index is 0.00543. The first-order valence-electron chi connectivity index (χ1n) is 6.13. The van der Waals surface area contributed by atoms with Crippen molar-refractivity contribution < 1.29 is 0 Å². The summed E-state index contributed by atoms with van der Waals surface area (Å²) < 4.78 is 2.94. The lowest BCUT2D eigenvalue weighted by Gasteiger charge is -2.09. The molecule has 0 radical (unpaired) electrons.